The van der Waals surface area contributed by atoms with Crippen LogP contribution in [0.5, 0.6) is 5.75 Å². The van der Waals surface area contributed by atoms with E-state index in [1.165, 1.54) is 5.56 Å². The number of fused-ring (bicyclic) bond motifs is 1. The van der Waals surface area contributed by atoms with Gasteiger partial charge in [-0.15, -0.1) is 0 Å². The van der Waals surface area contributed by atoms with Crippen molar-refractivity contribution in [2.45, 2.75) is 13.1 Å². The van der Waals surface area contributed by atoms with Crippen molar-refractivity contribution in [1.29, 1.82) is 0 Å². The highest BCUT2D eigenvalue weighted by molar-refractivity contribution is 6.30. The van der Waals surface area contributed by atoms with Crippen LogP contribution < -0.4 is 4.74 Å². The molecule has 0 spiro atoms. The zero-order chi connectivity index (χ0) is 13.1. The number of benzene rings is 1. The lowest BCUT2D eigenvalue weighted by Gasteiger charge is -2.19. The van der Waals surface area contributed by atoms with E-state index in [9.17, 15) is 0 Å². The monoisotopic (exact) mass is 274 g/mol. The number of hydrogen-bond donors (Lipinski definition) is 0. The van der Waals surface area contributed by atoms with Gasteiger partial charge in [-0.1, -0.05) is 35.9 Å². The molecule has 0 radical (unpaired) electrons. The van der Waals surface area contributed by atoms with E-state index in [0.717, 1.165) is 30.9 Å². The van der Waals surface area contributed by atoms with Crippen LogP contribution >= 0.6 is 11.6 Å². The van der Waals surface area contributed by atoms with Gasteiger partial charge < -0.3 is 4.74 Å². The first kappa shape index (κ1) is 12.5. The average Bonchev–Trinajstić information content (AvgIpc) is 2.63. The van der Waals surface area contributed by atoms with Crippen LogP contribution in [0, 0.1) is 0 Å². The predicted molar refractivity (Wildman–Crippen MR) is 75.3 cm³/mol. The molecule has 0 saturated carbocycles. The van der Waals surface area contributed by atoms with E-state index in [4.69, 9.17) is 16.3 Å². The van der Waals surface area contributed by atoms with E-state index in [1.807, 2.05) is 30.3 Å². The first-order valence-electron chi connectivity index (χ1n) is 6.35. The number of halogens is 1. The Kier molecular flexibility index (Phi) is 3.67. The van der Waals surface area contributed by atoms with E-state index >= 15 is 0 Å². The molecule has 0 fully saturated rings. The van der Waals surface area contributed by atoms with Crippen molar-refractivity contribution in [2.75, 3.05) is 13.2 Å². The van der Waals surface area contributed by atoms with Crippen molar-refractivity contribution in [3.63, 3.8) is 0 Å². The summed E-state index contributed by atoms with van der Waals surface area (Å²) >= 11 is 6.12. The Morgan fingerprint density at radius 3 is 3.00 bits per heavy atom. The molecular formula is C15H15ClN2O. The minimum absolute atomic E-state index is 0.584. The number of aromatic nitrogens is 1. The van der Waals surface area contributed by atoms with Crippen LogP contribution in [0.4, 0.5) is 0 Å². The van der Waals surface area contributed by atoms with Gasteiger partial charge in [0.15, 0.2) is 0 Å². The Balaban J connectivity index is 1.78. The molecule has 1 aromatic heterocycles. The van der Waals surface area contributed by atoms with Gasteiger partial charge in [-0.3, -0.25) is 4.90 Å². The molecule has 1 aliphatic heterocycles. The molecule has 0 saturated heterocycles. The Bertz CT molecular complexity index is 574. The van der Waals surface area contributed by atoms with Gasteiger partial charge in [-0.05, 0) is 12.1 Å². The summed E-state index contributed by atoms with van der Waals surface area (Å²) in [5, 5.41) is 0.584. The van der Waals surface area contributed by atoms with Gasteiger partial charge in [0.2, 0.25) is 0 Å². The molecule has 3 rings (SSSR count). The molecule has 1 aromatic carbocycles. The van der Waals surface area contributed by atoms with Crippen molar-refractivity contribution >= 4 is 11.6 Å². The number of ether oxygens (including phenoxy) is 1. The zero-order valence-electron chi connectivity index (χ0n) is 10.6. The molecule has 3 nitrogen and oxygen atoms in total. The summed E-state index contributed by atoms with van der Waals surface area (Å²) in [6, 6.07) is 12.1. The fourth-order valence-corrected chi connectivity index (χ4v) is 2.47. The van der Waals surface area contributed by atoms with Gasteiger partial charge in [0, 0.05) is 37.0 Å². The minimum Gasteiger partial charge on any atom is -0.492 e. The van der Waals surface area contributed by atoms with Crippen LogP contribution in [0.3, 0.4) is 0 Å². The van der Waals surface area contributed by atoms with Crippen molar-refractivity contribution in [3.8, 4) is 5.75 Å². The van der Waals surface area contributed by atoms with E-state index in [1.54, 1.807) is 6.20 Å². The Morgan fingerprint density at radius 1 is 1.21 bits per heavy atom. The van der Waals surface area contributed by atoms with Crippen LogP contribution in [0.25, 0.3) is 0 Å². The average molecular weight is 275 g/mol. The molecule has 19 heavy (non-hydrogen) atoms. The SMILES string of the molecule is Clc1ncccc1CN1CCOc2ccccc2C1. The maximum absolute atomic E-state index is 6.12. The molecule has 4 heteroatoms. The van der Waals surface area contributed by atoms with Crippen molar-refractivity contribution in [2.24, 2.45) is 0 Å². The van der Waals surface area contributed by atoms with E-state index in [-0.39, 0.29) is 0 Å². The van der Waals surface area contributed by atoms with Gasteiger partial charge in [-0.2, -0.15) is 0 Å². The van der Waals surface area contributed by atoms with Crippen LogP contribution in [0.1, 0.15) is 11.1 Å². The number of para-hydroxylation sites is 1. The molecule has 0 aliphatic carbocycles. The lowest BCUT2D eigenvalue weighted by Crippen LogP contribution is -2.25. The standard InChI is InChI=1S/C15H15ClN2O/c16-15-13(5-3-7-17-15)11-18-8-9-19-14-6-2-1-4-12(14)10-18/h1-7H,8-11H2. The third-order valence-electron chi connectivity index (χ3n) is 3.26. The molecule has 0 bridgehead atoms. The van der Waals surface area contributed by atoms with E-state index < -0.39 is 0 Å². The second-order valence-electron chi connectivity index (χ2n) is 4.62. The topological polar surface area (TPSA) is 25.4 Å². The van der Waals surface area contributed by atoms with Crippen LogP contribution in [-0.2, 0) is 13.1 Å². The predicted octanol–water partition coefficient (Wildman–Crippen LogP) is 3.13. The fraction of sp³-hybridized carbons (Fsp3) is 0.267. The van der Waals surface area contributed by atoms with Gasteiger partial charge >= 0.3 is 0 Å². The van der Waals surface area contributed by atoms with Crippen LogP contribution in [-0.4, -0.2) is 23.0 Å². The summed E-state index contributed by atoms with van der Waals surface area (Å²) < 4.78 is 5.76. The molecule has 98 valence electrons. The molecule has 2 heterocycles. The maximum atomic E-state index is 6.12. The van der Waals surface area contributed by atoms with Gasteiger partial charge in [0.1, 0.15) is 17.5 Å². The second kappa shape index (κ2) is 5.59. The third kappa shape index (κ3) is 2.88. The van der Waals surface area contributed by atoms with Crippen molar-refractivity contribution < 1.29 is 4.74 Å². The largest absolute Gasteiger partial charge is 0.492 e. The Morgan fingerprint density at radius 2 is 2.11 bits per heavy atom. The quantitative estimate of drug-likeness (QED) is 0.787. The third-order valence-corrected chi connectivity index (χ3v) is 3.60. The van der Waals surface area contributed by atoms with Gasteiger partial charge in [-0.25, -0.2) is 4.98 Å². The molecule has 0 N–H and O–H groups in total. The number of nitrogens with zero attached hydrogens (tertiary/aromatic N) is 2. The first-order chi connectivity index (χ1) is 9.33. The number of pyridine rings is 1. The van der Waals surface area contributed by atoms with Gasteiger partial charge in [0.05, 0.1) is 0 Å². The Labute approximate surface area is 117 Å². The van der Waals surface area contributed by atoms with Crippen molar-refractivity contribution in [1.82, 2.24) is 9.88 Å². The number of rotatable bonds is 2. The lowest BCUT2D eigenvalue weighted by atomic mass is 10.2. The second-order valence-corrected chi connectivity index (χ2v) is 4.98. The molecule has 1 aliphatic rings. The molecule has 2 aromatic rings. The summed E-state index contributed by atoms with van der Waals surface area (Å²) in [6.07, 6.45) is 1.71. The molecule has 0 atom stereocenters. The zero-order valence-corrected chi connectivity index (χ0v) is 11.3. The van der Waals surface area contributed by atoms with Crippen LogP contribution in [0.2, 0.25) is 5.15 Å². The highest BCUT2D eigenvalue weighted by Gasteiger charge is 2.15. The molecular weight excluding hydrogens is 260 g/mol. The van der Waals surface area contributed by atoms with Crippen LogP contribution in [0.15, 0.2) is 42.6 Å². The van der Waals surface area contributed by atoms with Gasteiger partial charge in [0.25, 0.3) is 0 Å². The fourth-order valence-electron chi connectivity index (χ4n) is 2.29. The summed E-state index contributed by atoms with van der Waals surface area (Å²) in [5.74, 6) is 0.988. The summed E-state index contributed by atoms with van der Waals surface area (Å²) in [7, 11) is 0. The first-order valence-corrected chi connectivity index (χ1v) is 6.73. The summed E-state index contributed by atoms with van der Waals surface area (Å²) in [5.41, 5.74) is 2.28. The van der Waals surface area contributed by atoms with E-state index in [0.29, 0.717) is 11.8 Å². The highest BCUT2D eigenvalue weighted by Crippen LogP contribution is 2.24. The van der Waals surface area contributed by atoms with E-state index in [2.05, 4.69) is 16.0 Å². The lowest BCUT2D eigenvalue weighted by molar-refractivity contribution is 0.219. The summed E-state index contributed by atoms with van der Waals surface area (Å²) in [6.45, 7) is 3.26. The Hall–Kier alpha value is -1.58. The highest BCUT2D eigenvalue weighted by atomic mass is 35.5. The minimum atomic E-state index is 0.584. The molecule has 0 amide bonds. The number of hydrogen-bond acceptors (Lipinski definition) is 3. The maximum Gasteiger partial charge on any atom is 0.133 e. The summed E-state index contributed by atoms with van der Waals surface area (Å²) in [4.78, 5) is 6.45. The molecule has 0 unspecified atom stereocenters. The smallest absolute Gasteiger partial charge is 0.133 e. The normalized spacial score (nSPS) is 15.4. The van der Waals surface area contributed by atoms with Crippen molar-refractivity contribution in [3.05, 3.63) is 58.9 Å².